The van der Waals surface area contributed by atoms with E-state index in [9.17, 15) is 13.9 Å². The quantitative estimate of drug-likeness (QED) is 0.731. The number of likely N-dealkylation sites (tertiary alicyclic amines) is 1. The van der Waals surface area contributed by atoms with Crippen molar-refractivity contribution in [2.75, 3.05) is 19.6 Å². The maximum Gasteiger partial charge on any atom is 0.131 e. The Morgan fingerprint density at radius 3 is 2.46 bits per heavy atom. The van der Waals surface area contributed by atoms with Crippen LogP contribution in [-0.4, -0.2) is 34.6 Å². The van der Waals surface area contributed by atoms with Gasteiger partial charge in [0, 0.05) is 12.5 Å². The third-order valence-electron chi connectivity index (χ3n) is 5.01. The highest BCUT2D eigenvalue weighted by atomic mass is 32.1. The van der Waals surface area contributed by atoms with Crippen molar-refractivity contribution in [3.05, 3.63) is 64.7 Å². The maximum absolute atomic E-state index is 13.8. The second kappa shape index (κ2) is 7.39. The number of piperidine rings is 1. The van der Waals surface area contributed by atoms with Crippen molar-refractivity contribution in [2.45, 2.75) is 24.9 Å². The predicted octanol–water partition coefficient (Wildman–Crippen LogP) is 4.49. The molecule has 0 spiro atoms. The zero-order chi connectivity index (χ0) is 18.1. The predicted molar refractivity (Wildman–Crippen MR) is 99.4 cm³/mol. The summed E-state index contributed by atoms with van der Waals surface area (Å²) in [5.41, 5.74) is 0.807. The first-order chi connectivity index (χ1) is 12.6. The normalized spacial score (nSPS) is 17.7. The van der Waals surface area contributed by atoms with Crippen molar-refractivity contribution in [2.24, 2.45) is 0 Å². The number of benzene rings is 2. The van der Waals surface area contributed by atoms with Crippen molar-refractivity contribution < 1.29 is 13.9 Å². The number of halogens is 2. The average molecular weight is 374 g/mol. The third-order valence-corrected chi connectivity index (χ3v) is 6.21. The molecular formula is C20H20F2N2OS. The van der Waals surface area contributed by atoms with Crippen LogP contribution >= 0.6 is 11.3 Å². The molecule has 1 aliphatic rings. The van der Waals surface area contributed by atoms with Crippen LogP contribution in [0.5, 0.6) is 0 Å². The summed E-state index contributed by atoms with van der Waals surface area (Å²) in [4.78, 5) is 6.81. The molecule has 26 heavy (non-hydrogen) atoms. The number of β-amino-alcohol motifs (C(OH)–C–C–N with tert-alkyl or cyclic N) is 1. The zero-order valence-corrected chi connectivity index (χ0v) is 15.1. The van der Waals surface area contributed by atoms with Crippen LogP contribution in [0, 0.1) is 11.6 Å². The number of fused-ring (bicyclic) bond motifs is 1. The molecule has 6 heteroatoms. The summed E-state index contributed by atoms with van der Waals surface area (Å²) in [5.74, 6) is -0.977. The fourth-order valence-electron chi connectivity index (χ4n) is 3.59. The molecule has 2 aromatic carbocycles. The van der Waals surface area contributed by atoms with Gasteiger partial charge in [-0.1, -0.05) is 18.2 Å². The van der Waals surface area contributed by atoms with E-state index in [0.29, 0.717) is 5.92 Å². The second-order valence-electron chi connectivity index (χ2n) is 6.75. The molecule has 1 N–H and O–H groups in total. The Hall–Kier alpha value is -1.89. The van der Waals surface area contributed by atoms with Gasteiger partial charge in [0.25, 0.3) is 0 Å². The molecule has 3 nitrogen and oxygen atoms in total. The molecule has 0 aliphatic carbocycles. The highest BCUT2D eigenvalue weighted by molar-refractivity contribution is 7.18. The van der Waals surface area contributed by atoms with E-state index in [2.05, 4.69) is 11.0 Å². The van der Waals surface area contributed by atoms with E-state index in [1.54, 1.807) is 11.3 Å². The first kappa shape index (κ1) is 17.5. The van der Waals surface area contributed by atoms with Crippen LogP contribution in [0.2, 0.25) is 0 Å². The Morgan fingerprint density at radius 2 is 1.77 bits per heavy atom. The molecule has 1 unspecified atom stereocenters. The fourth-order valence-corrected chi connectivity index (χ4v) is 4.73. The average Bonchev–Trinajstić information content (AvgIpc) is 3.06. The largest absolute Gasteiger partial charge is 0.387 e. The zero-order valence-electron chi connectivity index (χ0n) is 14.2. The van der Waals surface area contributed by atoms with Gasteiger partial charge in [-0.2, -0.15) is 0 Å². The molecule has 0 bridgehead atoms. The summed E-state index contributed by atoms with van der Waals surface area (Å²) in [7, 11) is 0. The number of para-hydroxylation sites is 1. The van der Waals surface area contributed by atoms with Crippen molar-refractivity contribution >= 4 is 21.6 Å². The summed E-state index contributed by atoms with van der Waals surface area (Å²) in [6, 6.07) is 11.8. The highest BCUT2D eigenvalue weighted by Gasteiger charge is 2.26. The molecule has 3 aromatic rings. The number of aromatic nitrogens is 1. The Morgan fingerprint density at radius 1 is 1.08 bits per heavy atom. The van der Waals surface area contributed by atoms with Crippen LogP contribution in [0.15, 0.2) is 42.5 Å². The molecule has 136 valence electrons. The van der Waals surface area contributed by atoms with Gasteiger partial charge in [0.1, 0.15) is 11.6 Å². The molecule has 0 amide bonds. The molecular weight excluding hydrogens is 354 g/mol. The molecule has 0 saturated carbocycles. The number of hydrogen-bond donors (Lipinski definition) is 1. The van der Waals surface area contributed by atoms with Crippen LogP contribution in [0.4, 0.5) is 8.78 Å². The molecule has 1 fully saturated rings. The topological polar surface area (TPSA) is 36.4 Å². The lowest BCUT2D eigenvalue weighted by molar-refractivity contribution is 0.0920. The monoisotopic (exact) mass is 374 g/mol. The van der Waals surface area contributed by atoms with E-state index in [1.807, 2.05) is 18.2 Å². The third kappa shape index (κ3) is 3.49. The number of thiazole rings is 1. The summed E-state index contributed by atoms with van der Waals surface area (Å²) < 4.78 is 28.8. The Labute approximate surface area is 154 Å². The van der Waals surface area contributed by atoms with Gasteiger partial charge in [-0.05, 0) is 50.2 Å². The number of aliphatic hydroxyl groups is 1. The highest BCUT2D eigenvalue weighted by Crippen LogP contribution is 2.34. The van der Waals surface area contributed by atoms with Crippen molar-refractivity contribution in [1.29, 1.82) is 0 Å². The second-order valence-corrected chi connectivity index (χ2v) is 7.81. The summed E-state index contributed by atoms with van der Waals surface area (Å²) in [6.07, 6.45) is 0.716. The maximum atomic E-state index is 13.8. The van der Waals surface area contributed by atoms with E-state index < -0.39 is 17.7 Å². The first-order valence-corrected chi connectivity index (χ1v) is 9.63. The van der Waals surface area contributed by atoms with Gasteiger partial charge in [-0.25, -0.2) is 13.8 Å². The van der Waals surface area contributed by atoms with E-state index >= 15 is 0 Å². The number of aliphatic hydroxyl groups excluding tert-OH is 1. The smallest absolute Gasteiger partial charge is 0.131 e. The Balaban J connectivity index is 1.39. The van der Waals surface area contributed by atoms with Crippen molar-refractivity contribution in [3.8, 4) is 0 Å². The number of hydrogen-bond acceptors (Lipinski definition) is 4. The minimum Gasteiger partial charge on any atom is -0.387 e. The van der Waals surface area contributed by atoms with Crippen LogP contribution in [0.1, 0.15) is 35.4 Å². The van der Waals surface area contributed by atoms with E-state index in [4.69, 9.17) is 4.98 Å². The lowest BCUT2D eigenvalue weighted by Crippen LogP contribution is -2.36. The molecule has 2 heterocycles. The standard InChI is InChI=1S/C20H20F2N2OS/c21-14-4-3-5-15(22)19(14)17(25)12-24-10-8-13(9-11-24)20-23-16-6-1-2-7-18(16)26-20/h1-7,13,17,25H,8-12H2. The van der Waals surface area contributed by atoms with Crippen LogP contribution in [0.3, 0.4) is 0 Å². The molecule has 1 saturated heterocycles. The SMILES string of the molecule is OC(CN1CCC(c2nc3ccccc3s2)CC1)c1c(F)cccc1F. The Bertz CT molecular complexity index is 852. The number of rotatable bonds is 4. The van der Waals surface area contributed by atoms with Gasteiger partial charge in [0.05, 0.1) is 26.9 Å². The number of nitrogens with zero attached hydrogens (tertiary/aromatic N) is 2. The summed E-state index contributed by atoms with van der Waals surface area (Å²) >= 11 is 1.74. The van der Waals surface area contributed by atoms with Gasteiger partial charge in [-0.3, -0.25) is 0 Å². The van der Waals surface area contributed by atoms with Crippen LogP contribution < -0.4 is 0 Å². The van der Waals surface area contributed by atoms with Crippen molar-refractivity contribution in [1.82, 2.24) is 9.88 Å². The van der Waals surface area contributed by atoms with Crippen LogP contribution in [0.25, 0.3) is 10.2 Å². The van der Waals surface area contributed by atoms with Gasteiger partial charge < -0.3 is 10.0 Å². The van der Waals surface area contributed by atoms with Gasteiger partial charge >= 0.3 is 0 Å². The Kier molecular flexibility index (Phi) is 4.98. The lowest BCUT2D eigenvalue weighted by atomic mass is 9.96. The molecule has 1 atom stereocenters. The van der Waals surface area contributed by atoms with Gasteiger partial charge in [-0.15, -0.1) is 11.3 Å². The molecule has 1 aliphatic heterocycles. The van der Waals surface area contributed by atoms with E-state index in [1.165, 1.54) is 22.9 Å². The first-order valence-electron chi connectivity index (χ1n) is 8.81. The molecule has 4 rings (SSSR count). The minimum absolute atomic E-state index is 0.235. The van der Waals surface area contributed by atoms with Gasteiger partial charge in [0.2, 0.25) is 0 Å². The molecule has 0 radical (unpaired) electrons. The van der Waals surface area contributed by atoms with E-state index in [0.717, 1.165) is 36.5 Å². The van der Waals surface area contributed by atoms with Gasteiger partial charge in [0.15, 0.2) is 0 Å². The minimum atomic E-state index is -1.16. The van der Waals surface area contributed by atoms with Crippen molar-refractivity contribution in [3.63, 3.8) is 0 Å². The van der Waals surface area contributed by atoms with E-state index in [-0.39, 0.29) is 12.1 Å². The molecule has 1 aromatic heterocycles. The summed E-state index contributed by atoms with van der Waals surface area (Å²) in [5, 5.41) is 11.4. The fraction of sp³-hybridized carbons (Fsp3) is 0.350. The lowest BCUT2D eigenvalue weighted by Gasteiger charge is -2.32. The van der Waals surface area contributed by atoms with Crippen LogP contribution in [-0.2, 0) is 0 Å². The summed E-state index contributed by atoms with van der Waals surface area (Å²) in [6.45, 7) is 1.81.